The van der Waals surface area contributed by atoms with E-state index in [1.165, 1.54) is 64.2 Å². The minimum Gasteiger partial charge on any atom is -0.396 e. The molecule has 1 heteroatoms. The third-order valence-corrected chi connectivity index (χ3v) is 13.1. The van der Waals surface area contributed by atoms with Crippen LogP contribution in [0.1, 0.15) is 113 Å². The summed E-state index contributed by atoms with van der Waals surface area (Å²) in [6, 6.07) is 0. The average molecular weight is 427 g/mol. The Morgan fingerprint density at radius 2 is 1.55 bits per heavy atom. The summed E-state index contributed by atoms with van der Waals surface area (Å²) in [5.41, 5.74) is 3.52. The van der Waals surface area contributed by atoms with Crippen molar-refractivity contribution in [3.8, 4) is 0 Å². The van der Waals surface area contributed by atoms with E-state index < -0.39 is 0 Å². The molecule has 1 unspecified atom stereocenters. The van der Waals surface area contributed by atoms with Crippen molar-refractivity contribution in [3.05, 3.63) is 11.6 Å². The molecule has 0 aliphatic heterocycles. The average Bonchev–Trinajstić information content (AvgIpc) is 3.07. The molecule has 4 saturated carbocycles. The molecular formula is C30H50O. The van der Waals surface area contributed by atoms with E-state index in [0.29, 0.717) is 40.1 Å². The highest BCUT2D eigenvalue weighted by molar-refractivity contribution is 5.30. The molecule has 4 fully saturated rings. The summed E-state index contributed by atoms with van der Waals surface area (Å²) in [6.45, 7) is 18.4. The molecule has 176 valence electrons. The van der Waals surface area contributed by atoms with E-state index in [9.17, 15) is 5.11 Å². The van der Waals surface area contributed by atoms with Gasteiger partial charge in [0.15, 0.2) is 0 Å². The molecule has 0 saturated heterocycles. The van der Waals surface area contributed by atoms with Crippen molar-refractivity contribution in [1.29, 1.82) is 0 Å². The Morgan fingerprint density at radius 1 is 0.871 bits per heavy atom. The van der Waals surface area contributed by atoms with Gasteiger partial charge in [-0.1, -0.05) is 66.5 Å². The minimum absolute atomic E-state index is 0.139. The summed E-state index contributed by atoms with van der Waals surface area (Å²) in [7, 11) is 0. The Kier molecular flexibility index (Phi) is 4.98. The fourth-order valence-corrected chi connectivity index (χ4v) is 11.3. The number of aliphatic hydroxyl groups excluding tert-OH is 1. The van der Waals surface area contributed by atoms with Crippen molar-refractivity contribution in [2.45, 2.75) is 113 Å². The summed E-state index contributed by atoms with van der Waals surface area (Å²) >= 11 is 0. The van der Waals surface area contributed by atoms with Crippen LogP contribution in [0.4, 0.5) is 0 Å². The number of fused-ring (bicyclic) bond motifs is 7. The van der Waals surface area contributed by atoms with Crippen LogP contribution < -0.4 is 0 Å². The molecule has 0 aromatic carbocycles. The van der Waals surface area contributed by atoms with Gasteiger partial charge in [0.05, 0.1) is 0 Å². The number of allylic oxidation sites excluding steroid dienone is 2. The molecule has 1 N–H and O–H groups in total. The van der Waals surface area contributed by atoms with E-state index in [-0.39, 0.29) is 5.41 Å². The van der Waals surface area contributed by atoms with Crippen LogP contribution >= 0.6 is 0 Å². The third kappa shape index (κ3) is 2.65. The fraction of sp³-hybridized carbons (Fsp3) is 0.933. The maximum atomic E-state index is 11.1. The Labute approximate surface area is 192 Å². The summed E-state index contributed by atoms with van der Waals surface area (Å²) in [6.07, 6.45) is 16.2. The first kappa shape index (κ1) is 22.5. The van der Waals surface area contributed by atoms with E-state index in [1.54, 1.807) is 5.57 Å². The second-order valence-corrected chi connectivity index (χ2v) is 14.5. The van der Waals surface area contributed by atoms with E-state index in [0.717, 1.165) is 17.8 Å². The van der Waals surface area contributed by atoms with Crippen LogP contribution in [0.25, 0.3) is 0 Å². The van der Waals surface area contributed by atoms with Crippen LogP contribution in [-0.4, -0.2) is 11.7 Å². The topological polar surface area (TPSA) is 20.2 Å². The standard InChI is InChI=1S/C30H50O/c1-20(2)21-10-12-24-27(21,5)15-16-29(7)25-13-11-22-23(9-8-14-26(22,3)4)30(25,19-31)18-17-28(24,29)6/h11,20-21,23-25,31H,8-10,12-19H2,1-7H3/t21-,23?,24-,25+,27-,28+,29-,30-/m1/s1. The van der Waals surface area contributed by atoms with Crippen LogP contribution in [0.3, 0.4) is 0 Å². The van der Waals surface area contributed by atoms with Crippen LogP contribution in [0.2, 0.25) is 0 Å². The lowest BCUT2D eigenvalue weighted by atomic mass is 9.33. The summed E-state index contributed by atoms with van der Waals surface area (Å²) in [4.78, 5) is 0. The predicted octanol–water partition coefficient (Wildman–Crippen LogP) is 8.03. The van der Waals surface area contributed by atoms with Gasteiger partial charge in [0.1, 0.15) is 0 Å². The highest BCUT2D eigenvalue weighted by Gasteiger charge is 2.70. The SMILES string of the molecule is CC(C)[C@H]1CC[C@@H]2[C@]1(C)CC[C@]1(C)[C@@H]3CC=C4C(CCCC4(C)C)[C@]3(CO)CC[C@@]21C. The van der Waals surface area contributed by atoms with E-state index in [1.807, 2.05) is 0 Å². The van der Waals surface area contributed by atoms with Crippen LogP contribution in [0.5, 0.6) is 0 Å². The molecule has 1 nitrogen and oxygen atoms in total. The smallest absolute Gasteiger partial charge is 0.0496 e. The molecule has 5 rings (SSSR count). The first-order chi connectivity index (χ1) is 14.5. The monoisotopic (exact) mass is 426 g/mol. The molecule has 5 aliphatic carbocycles. The lowest BCUT2D eigenvalue weighted by molar-refractivity contribution is -0.224. The molecule has 0 spiro atoms. The Bertz CT molecular complexity index is 762. The van der Waals surface area contributed by atoms with Gasteiger partial charge in [0.2, 0.25) is 0 Å². The van der Waals surface area contributed by atoms with Gasteiger partial charge in [0.25, 0.3) is 0 Å². The van der Waals surface area contributed by atoms with Crippen molar-refractivity contribution < 1.29 is 5.11 Å². The second kappa shape index (κ2) is 6.86. The molecule has 0 aromatic heterocycles. The Morgan fingerprint density at radius 3 is 2.23 bits per heavy atom. The maximum Gasteiger partial charge on any atom is 0.0496 e. The normalized spacial score (nSPS) is 53.3. The van der Waals surface area contributed by atoms with Crippen molar-refractivity contribution in [3.63, 3.8) is 0 Å². The fourth-order valence-electron chi connectivity index (χ4n) is 11.3. The second-order valence-electron chi connectivity index (χ2n) is 14.5. The van der Waals surface area contributed by atoms with Crippen molar-refractivity contribution in [2.75, 3.05) is 6.61 Å². The van der Waals surface area contributed by atoms with Crippen LogP contribution in [0, 0.1) is 56.7 Å². The van der Waals surface area contributed by atoms with Gasteiger partial charge in [-0.25, -0.2) is 0 Å². The molecule has 0 aromatic rings. The van der Waals surface area contributed by atoms with Crippen molar-refractivity contribution >= 4 is 0 Å². The zero-order chi connectivity index (χ0) is 22.4. The molecule has 5 aliphatic rings. The third-order valence-electron chi connectivity index (χ3n) is 13.1. The molecule has 0 radical (unpaired) electrons. The number of aliphatic hydroxyl groups is 1. The minimum atomic E-state index is 0.139. The van der Waals surface area contributed by atoms with Gasteiger partial charge in [-0.15, -0.1) is 0 Å². The van der Waals surface area contributed by atoms with Crippen molar-refractivity contribution in [1.82, 2.24) is 0 Å². The zero-order valence-electron chi connectivity index (χ0n) is 21.7. The first-order valence-corrected chi connectivity index (χ1v) is 13.8. The first-order valence-electron chi connectivity index (χ1n) is 13.8. The number of hydrogen-bond acceptors (Lipinski definition) is 1. The van der Waals surface area contributed by atoms with E-state index >= 15 is 0 Å². The van der Waals surface area contributed by atoms with Gasteiger partial charge in [-0.05, 0) is 109 Å². The number of rotatable bonds is 2. The summed E-state index contributed by atoms with van der Waals surface area (Å²) in [5, 5.41) is 11.1. The van der Waals surface area contributed by atoms with Crippen molar-refractivity contribution in [2.24, 2.45) is 56.7 Å². The maximum absolute atomic E-state index is 11.1. The summed E-state index contributed by atoms with van der Waals surface area (Å²) in [5.74, 6) is 3.87. The quantitative estimate of drug-likeness (QED) is 0.443. The lowest BCUT2D eigenvalue weighted by Crippen LogP contribution is -2.65. The Hall–Kier alpha value is -0.300. The van der Waals surface area contributed by atoms with Gasteiger partial charge in [0, 0.05) is 12.0 Å². The molecule has 0 heterocycles. The predicted molar refractivity (Wildman–Crippen MR) is 131 cm³/mol. The molecule has 0 amide bonds. The molecule has 31 heavy (non-hydrogen) atoms. The van der Waals surface area contributed by atoms with Crippen LogP contribution in [0.15, 0.2) is 11.6 Å². The Balaban J connectivity index is 1.57. The van der Waals surface area contributed by atoms with E-state index in [2.05, 4.69) is 54.5 Å². The highest BCUT2D eigenvalue weighted by Crippen LogP contribution is 2.77. The van der Waals surface area contributed by atoms with Gasteiger partial charge < -0.3 is 5.11 Å². The van der Waals surface area contributed by atoms with E-state index in [4.69, 9.17) is 0 Å². The largest absolute Gasteiger partial charge is 0.396 e. The zero-order valence-corrected chi connectivity index (χ0v) is 21.7. The molecular weight excluding hydrogens is 376 g/mol. The van der Waals surface area contributed by atoms with Gasteiger partial charge >= 0.3 is 0 Å². The number of hydrogen-bond donors (Lipinski definition) is 1. The highest BCUT2D eigenvalue weighted by atomic mass is 16.3. The summed E-state index contributed by atoms with van der Waals surface area (Å²) < 4.78 is 0. The van der Waals surface area contributed by atoms with Crippen LogP contribution in [-0.2, 0) is 0 Å². The lowest BCUT2D eigenvalue weighted by Gasteiger charge is -2.71. The molecule has 8 atom stereocenters. The molecule has 0 bridgehead atoms. The van der Waals surface area contributed by atoms with Gasteiger partial charge in [-0.2, -0.15) is 0 Å². The van der Waals surface area contributed by atoms with Gasteiger partial charge in [-0.3, -0.25) is 0 Å².